The van der Waals surface area contributed by atoms with Crippen LogP contribution < -0.4 is 5.32 Å². The second kappa shape index (κ2) is 7.84. The van der Waals surface area contributed by atoms with Crippen molar-refractivity contribution in [2.75, 3.05) is 6.54 Å². The molecular weight excluding hydrogens is 354 g/mol. The fourth-order valence-corrected chi connectivity index (χ4v) is 4.04. The molecule has 2 aromatic carbocycles. The Balaban J connectivity index is 1.78. The van der Waals surface area contributed by atoms with Gasteiger partial charge < -0.3 is 10.4 Å². The van der Waals surface area contributed by atoms with Crippen molar-refractivity contribution < 1.29 is 14.7 Å². The van der Waals surface area contributed by atoms with Gasteiger partial charge in [0, 0.05) is 16.9 Å². The number of carbonyl (C=O) groups is 2. The van der Waals surface area contributed by atoms with Crippen molar-refractivity contribution in [1.29, 1.82) is 0 Å². The van der Waals surface area contributed by atoms with Crippen LogP contribution in [0.25, 0.3) is 16.6 Å². The molecule has 4 rings (SSSR count). The number of para-hydroxylation sites is 1. The fourth-order valence-electron chi connectivity index (χ4n) is 4.04. The van der Waals surface area contributed by atoms with Gasteiger partial charge in [0.2, 0.25) is 0 Å². The number of aromatic nitrogens is 2. The van der Waals surface area contributed by atoms with Gasteiger partial charge in [0.25, 0.3) is 5.91 Å². The lowest BCUT2D eigenvalue weighted by Gasteiger charge is -2.23. The summed E-state index contributed by atoms with van der Waals surface area (Å²) in [7, 11) is 0. The minimum atomic E-state index is -1.07. The van der Waals surface area contributed by atoms with Crippen LogP contribution in [0.1, 0.15) is 54.1 Å². The van der Waals surface area contributed by atoms with Crippen LogP contribution in [0.15, 0.2) is 48.5 Å². The monoisotopic (exact) mass is 377 g/mol. The summed E-state index contributed by atoms with van der Waals surface area (Å²) in [6.07, 6.45) is 6.02. The average Bonchev–Trinajstić information content (AvgIpc) is 3.12. The van der Waals surface area contributed by atoms with Gasteiger partial charge in [0.05, 0.1) is 16.9 Å². The van der Waals surface area contributed by atoms with Crippen molar-refractivity contribution in [3.05, 3.63) is 59.8 Å². The molecule has 0 atom stereocenters. The normalized spacial score (nSPS) is 14.9. The van der Waals surface area contributed by atoms with E-state index >= 15 is 0 Å². The summed E-state index contributed by atoms with van der Waals surface area (Å²) in [5.74, 6) is -1.02. The number of rotatable bonds is 5. The molecule has 144 valence electrons. The van der Waals surface area contributed by atoms with E-state index in [-0.39, 0.29) is 0 Å². The highest BCUT2D eigenvalue weighted by Crippen LogP contribution is 2.37. The molecule has 1 aliphatic carbocycles. The molecule has 6 nitrogen and oxygen atoms in total. The van der Waals surface area contributed by atoms with Crippen LogP contribution in [0.2, 0.25) is 0 Å². The Morgan fingerprint density at radius 2 is 1.82 bits per heavy atom. The van der Waals surface area contributed by atoms with E-state index in [1.165, 1.54) is 25.0 Å². The van der Waals surface area contributed by atoms with Crippen LogP contribution in [0, 0.1) is 0 Å². The van der Waals surface area contributed by atoms with Crippen molar-refractivity contribution in [2.45, 2.75) is 38.0 Å². The van der Waals surface area contributed by atoms with E-state index in [2.05, 4.69) is 5.32 Å². The van der Waals surface area contributed by atoms with Gasteiger partial charge in [0.15, 0.2) is 0 Å². The summed E-state index contributed by atoms with van der Waals surface area (Å²) in [6.45, 7) is -0.400. The maximum absolute atomic E-state index is 12.2. The third-order valence-electron chi connectivity index (χ3n) is 5.36. The minimum Gasteiger partial charge on any atom is -0.480 e. The van der Waals surface area contributed by atoms with Crippen LogP contribution >= 0.6 is 0 Å². The molecule has 1 amide bonds. The summed E-state index contributed by atoms with van der Waals surface area (Å²) in [4.78, 5) is 22.9. The Bertz CT molecular complexity index is 1000. The number of nitrogens with zero attached hydrogens (tertiary/aromatic N) is 2. The van der Waals surface area contributed by atoms with Crippen molar-refractivity contribution in [3.63, 3.8) is 0 Å². The number of hydrogen-bond acceptors (Lipinski definition) is 3. The molecule has 0 aliphatic heterocycles. The minimum absolute atomic E-state index is 0.400. The predicted molar refractivity (Wildman–Crippen MR) is 107 cm³/mol. The molecule has 0 spiro atoms. The maximum Gasteiger partial charge on any atom is 0.322 e. The van der Waals surface area contributed by atoms with E-state index in [0.717, 1.165) is 29.4 Å². The summed E-state index contributed by atoms with van der Waals surface area (Å²) in [6, 6.07) is 15.5. The molecule has 0 radical (unpaired) electrons. The van der Waals surface area contributed by atoms with Gasteiger partial charge in [0.1, 0.15) is 6.54 Å². The molecule has 0 unspecified atom stereocenters. The highest BCUT2D eigenvalue weighted by atomic mass is 16.4. The van der Waals surface area contributed by atoms with Crippen LogP contribution in [0.3, 0.4) is 0 Å². The van der Waals surface area contributed by atoms with Crippen molar-refractivity contribution in [3.8, 4) is 5.69 Å². The second-order valence-electron chi connectivity index (χ2n) is 7.28. The lowest BCUT2D eigenvalue weighted by Crippen LogP contribution is -2.29. The van der Waals surface area contributed by atoms with E-state index in [1.54, 1.807) is 12.1 Å². The zero-order valence-corrected chi connectivity index (χ0v) is 15.6. The third kappa shape index (κ3) is 3.63. The fraction of sp³-hybridized carbons (Fsp3) is 0.318. The summed E-state index contributed by atoms with van der Waals surface area (Å²) in [5, 5.41) is 17.0. The molecular formula is C22H23N3O3. The van der Waals surface area contributed by atoms with Crippen molar-refractivity contribution in [2.24, 2.45) is 0 Å². The Hall–Kier alpha value is -3.15. The molecule has 1 saturated carbocycles. The number of aliphatic carboxylic acids is 1. The summed E-state index contributed by atoms with van der Waals surface area (Å²) < 4.78 is 2.01. The highest BCUT2D eigenvalue weighted by Gasteiger charge is 2.24. The first kappa shape index (κ1) is 18.2. The summed E-state index contributed by atoms with van der Waals surface area (Å²) >= 11 is 0. The molecule has 1 heterocycles. The zero-order chi connectivity index (χ0) is 19.5. The maximum atomic E-state index is 12.2. The van der Waals surface area contributed by atoms with Crippen LogP contribution in [-0.4, -0.2) is 33.3 Å². The van der Waals surface area contributed by atoms with E-state index in [1.807, 2.05) is 41.1 Å². The van der Waals surface area contributed by atoms with E-state index in [0.29, 0.717) is 11.5 Å². The van der Waals surface area contributed by atoms with Gasteiger partial charge in [-0.25, -0.2) is 4.68 Å². The Kier molecular flexibility index (Phi) is 5.10. The number of hydrogen-bond donors (Lipinski definition) is 2. The molecule has 6 heteroatoms. The smallest absolute Gasteiger partial charge is 0.322 e. The summed E-state index contributed by atoms with van der Waals surface area (Å²) in [5.41, 5.74) is 3.39. The van der Waals surface area contributed by atoms with Gasteiger partial charge in [-0.1, -0.05) is 43.5 Å². The van der Waals surface area contributed by atoms with Gasteiger partial charge in [-0.15, -0.1) is 0 Å². The number of amides is 1. The molecule has 1 fully saturated rings. The number of carboxylic acid groups (broad SMARTS) is 1. The lowest BCUT2D eigenvalue weighted by molar-refractivity contribution is -0.135. The molecule has 0 bridgehead atoms. The molecule has 1 aliphatic rings. The highest BCUT2D eigenvalue weighted by molar-refractivity contribution is 5.99. The van der Waals surface area contributed by atoms with E-state index < -0.39 is 18.4 Å². The number of nitrogens with one attached hydrogen (secondary N) is 1. The standard InChI is InChI=1S/C22H23N3O3/c26-20(27)14-23-22(28)16-11-12-18-19(13-16)24-25(17-9-5-2-6-10-17)21(18)15-7-3-1-4-8-15/h2,5-6,9-13,15H,1,3-4,7-8,14H2,(H,23,28)(H,26,27). The van der Waals surface area contributed by atoms with Gasteiger partial charge in [-0.2, -0.15) is 5.10 Å². The van der Waals surface area contributed by atoms with Gasteiger partial charge >= 0.3 is 5.97 Å². The first-order chi connectivity index (χ1) is 13.6. The zero-order valence-electron chi connectivity index (χ0n) is 15.6. The van der Waals surface area contributed by atoms with Crippen LogP contribution in [0.5, 0.6) is 0 Å². The first-order valence-corrected chi connectivity index (χ1v) is 9.71. The Labute approximate surface area is 163 Å². The number of carbonyl (C=O) groups excluding carboxylic acids is 1. The van der Waals surface area contributed by atoms with Crippen LogP contribution in [0.4, 0.5) is 0 Å². The van der Waals surface area contributed by atoms with Crippen molar-refractivity contribution in [1.82, 2.24) is 15.1 Å². The van der Waals surface area contributed by atoms with E-state index in [9.17, 15) is 9.59 Å². The quantitative estimate of drug-likeness (QED) is 0.706. The Morgan fingerprint density at radius 3 is 2.54 bits per heavy atom. The largest absolute Gasteiger partial charge is 0.480 e. The average molecular weight is 377 g/mol. The number of fused-ring (bicyclic) bond motifs is 1. The molecule has 0 saturated heterocycles. The van der Waals surface area contributed by atoms with Gasteiger partial charge in [-0.3, -0.25) is 9.59 Å². The topological polar surface area (TPSA) is 84.2 Å². The molecule has 1 aromatic heterocycles. The molecule has 28 heavy (non-hydrogen) atoms. The third-order valence-corrected chi connectivity index (χ3v) is 5.36. The first-order valence-electron chi connectivity index (χ1n) is 9.71. The molecule has 3 aromatic rings. The van der Waals surface area contributed by atoms with E-state index in [4.69, 9.17) is 10.2 Å². The molecule has 2 N–H and O–H groups in total. The van der Waals surface area contributed by atoms with Gasteiger partial charge in [-0.05, 0) is 37.1 Å². The Morgan fingerprint density at radius 1 is 1.07 bits per heavy atom. The lowest BCUT2D eigenvalue weighted by atomic mass is 9.85. The second-order valence-corrected chi connectivity index (χ2v) is 7.28. The SMILES string of the molecule is O=C(O)CNC(=O)c1ccc2c(C3CCCCC3)n(-c3ccccc3)nc2c1. The van der Waals surface area contributed by atoms with Crippen molar-refractivity contribution >= 4 is 22.8 Å². The number of benzene rings is 2. The number of carboxylic acids is 1. The predicted octanol–water partition coefficient (Wildman–Crippen LogP) is 3.89. The van der Waals surface area contributed by atoms with Crippen LogP contribution in [-0.2, 0) is 4.79 Å².